The number of fused-ring (bicyclic) bond motifs is 2. The first kappa shape index (κ1) is 33.5. The highest BCUT2D eigenvalue weighted by Gasteiger charge is 2.87. The minimum atomic E-state index is -7.01. The van der Waals surface area contributed by atoms with E-state index in [0.29, 0.717) is 6.92 Å². The Hall–Kier alpha value is -1.66. The van der Waals surface area contributed by atoms with Crippen molar-refractivity contribution in [2.75, 3.05) is 0 Å². The van der Waals surface area contributed by atoms with Crippen LogP contribution < -0.4 is 0 Å². The van der Waals surface area contributed by atoms with Crippen LogP contribution in [-0.4, -0.2) is 63.9 Å². The zero-order valence-electron chi connectivity index (χ0n) is 19.8. The van der Waals surface area contributed by atoms with Gasteiger partial charge in [-0.1, -0.05) is 6.92 Å². The zero-order chi connectivity index (χ0) is 31.2. The van der Waals surface area contributed by atoms with E-state index in [1.807, 2.05) is 0 Å². The number of ether oxygens (including phenoxy) is 1. The highest BCUT2D eigenvalue weighted by molar-refractivity contribution is 5.78. The Morgan fingerprint density at radius 3 is 1.41 bits per heavy atom. The third-order valence-corrected chi connectivity index (χ3v) is 8.14. The van der Waals surface area contributed by atoms with Crippen LogP contribution in [0.25, 0.3) is 0 Å². The number of halogens is 15. The quantitative estimate of drug-likeness (QED) is 0.286. The van der Waals surface area contributed by atoms with Crippen molar-refractivity contribution in [3.05, 3.63) is 0 Å². The maximum absolute atomic E-state index is 13.8. The molecule has 230 valence electrons. The summed E-state index contributed by atoms with van der Waals surface area (Å²) in [5.41, 5.74) is -18.9. The zero-order valence-corrected chi connectivity index (χ0v) is 19.8. The van der Waals surface area contributed by atoms with Gasteiger partial charge in [0.05, 0.1) is 0 Å². The van der Waals surface area contributed by atoms with Crippen LogP contribution in [0.2, 0.25) is 0 Å². The number of hydrogen-bond donors (Lipinski definition) is 2. The molecule has 2 aliphatic rings. The first-order valence-corrected chi connectivity index (χ1v) is 10.9. The topological polar surface area (TPSA) is 66.8 Å². The molecule has 6 atom stereocenters. The molecule has 2 N–H and O–H groups in total. The van der Waals surface area contributed by atoms with Crippen LogP contribution in [-0.2, 0) is 9.53 Å². The second-order valence-electron chi connectivity index (χ2n) is 10.3. The summed E-state index contributed by atoms with van der Waals surface area (Å²) < 4.78 is 210. The predicted octanol–water partition coefficient (Wildman–Crippen LogP) is 6.25. The average molecular weight is 610 g/mol. The minimum absolute atomic E-state index is 0.250. The number of esters is 1. The van der Waals surface area contributed by atoms with Crippen molar-refractivity contribution in [2.45, 2.75) is 87.7 Å². The van der Waals surface area contributed by atoms with Gasteiger partial charge in [0, 0.05) is 17.8 Å². The smallest absolute Gasteiger partial charge is 0.426 e. The average Bonchev–Trinajstić information content (AvgIpc) is 3.22. The highest BCUT2D eigenvalue weighted by Crippen LogP contribution is 2.70. The lowest BCUT2D eigenvalue weighted by Crippen LogP contribution is -2.73. The Morgan fingerprint density at radius 1 is 0.744 bits per heavy atom. The molecule has 0 heterocycles. The lowest BCUT2D eigenvalue weighted by Gasteiger charge is -2.53. The highest BCUT2D eigenvalue weighted by atomic mass is 19.4. The van der Waals surface area contributed by atoms with Crippen molar-refractivity contribution in [1.82, 2.24) is 0 Å². The molecule has 2 rings (SSSR count). The molecule has 2 fully saturated rings. The normalized spacial score (nSPS) is 30.9. The van der Waals surface area contributed by atoms with Gasteiger partial charge in [0.15, 0.2) is 5.41 Å². The maximum Gasteiger partial charge on any atom is 0.426 e. The first-order chi connectivity index (χ1) is 16.9. The van der Waals surface area contributed by atoms with Crippen molar-refractivity contribution in [1.29, 1.82) is 0 Å². The summed E-state index contributed by atoms with van der Waals surface area (Å²) in [6, 6.07) is 0. The second kappa shape index (κ2) is 8.92. The molecule has 0 radical (unpaired) electrons. The Bertz CT molecular complexity index is 919. The van der Waals surface area contributed by atoms with Crippen LogP contribution in [0.5, 0.6) is 0 Å². The van der Waals surface area contributed by atoms with Gasteiger partial charge in [0.2, 0.25) is 0 Å². The maximum atomic E-state index is 13.8. The summed E-state index contributed by atoms with van der Waals surface area (Å²) in [5, 5.41) is 19.8. The summed E-state index contributed by atoms with van der Waals surface area (Å²) in [7, 11) is 0. The predicted molar refractivity (Wildman–Crippen MR) is 96.3 cm³/mol. The second-order valence-corrected chi connectivity index (χ2v) is 10.3. The molecule has 0 saturated heterocycles. The molecule has 2 saturated carbocycles. The fourth-order valence-electron chi connectivity index (χ4n) is 5.81. The molecule has 0 amide bonds. The van der Waals surface area contributed by atoms with Gasteiger partial charge in [-0.3, -0.25) is 4.79 Å². The molecule has 0 aromatic heterocycles. The van der Waals surface area contributed by atoms with Crippen molar-refractivity contribution in [2.24, 2.45) is 29.1 Å². The summed E-state index contributed by atoms with van der Waals surface area (Å²) in [6.07, 6.45) is -37.2. The Balaban J connectivity index is 2.85. The van der Waals surface area contributed by atoms with E-state index in [9.17, 15) is 80.9 Å². The molecule has 0 aromatic rings. The summed E-state index contributed by atoms with van der Waals surface area (Å²) in [6.45, 7) is 1.49. The monoisotopic (exact) mass is 610 g/mol. The van der Waals surface area contributed by atoms with Crippen LogP contribution >= 0.6 is 0 Å². The van der Waals surface area contributed by atoms with Crippen LogP contribution in [0.4, 0.5) is 65.9 Å². The summed E-state index contributed by atoms with van der Waals surface area (Å²) >= 11 is 0. The lowest BCUT2D eigenvalue weighted by molar-refractivity contribution is -0.429. The van der Waals surface area contributed by atoms with E-state index in [0.717, 1.165) is 6.92 Å². The minimum Gasteiger partial charge on any atom is -0.458 e. The third-order valence-electron chi connectivity index (χ3n) is 8.14. The number of hydrogen-bond acceptors (Lipinski definition) is 4. The number of carbonyl (C=O) groups excluding carboxylic acids is 1. The van der Waals surface area contributed by atoms with E-state index in [1.54, 1.807) is 0 Å². The molecule has 19 heteroatoms. The Kier molecular flexibility index (Phi) is 7.67. The van der Waals surface area contributed by atoms with Crippen molar-refractivity contribution >= 4 is 5.97 Å². The van der Waals surface area contributed by atoms with Gasteiger partial charge < -0.3 is 14.9 Å². The first-order valence-electron chi connectivity index (χ1n) is 10.9. The van der Waals surface area contributed by atoms with E-state index < -0.39 is 102 Å². The SMILES string of the molecule is CCC(C)(C(=O)OC1(C)CC2CC1C(C(O)(C(F)(F)F)C(F)(F)F)C2C(O)(C(F)(F)F)C(F)(F)F)C(F)(F)F. The van der Waals surface area contributed by atoms with E-state index in [1.165, 1.54) is 0 Å². The van der Waals surface area contributed by atoms with Crippen LogP contribution in [0.3, 0.4) is 0 Å². The number of rotatable bonds is 5. The third kappa shape index (κ3) is 4.62. The Morgan fingerprint density at radius 2 is 1.10 bits per heavy atom. The van der Waals surface area contributed by atoms with Gasteiger partial charge in [-0.25, -0.2) is 0 Å². The van der Waals surface area contributed by atoms with E-state index in [2.05, 4.69) is 4.74 Å². The van der Waals surface area contributed by atoms with Crippen LogP contribution in [0.1, 0.15) is 40.0 Å². The molecule has 4 nitrogen and oxygen atoms in total. The fraction of sp³-hybridized carbons (Fsp3) is 0.950. The van der Waals surface area contributed by atoms with Crippen LogP contribution in [0.15, 0.2) is 0 Å². The van der Waals surface area contributed by atoms with Gasteiger partial charge in [0.25, 0.3) is 11.2 Å². The molecule has 0 aliphatic heterocycles. The van der Waals surface area contributed by atoms with Gasteiger partial charge >= 0.3 is 36.9 Å². The standard InChI is InChI=1S/C20H21F15O4/c1-4-12(2,16(21,22)23)11(36)39-13(3)6-7-5-8(13)10(15(38,19(30,31)32)20(33,34)35)9(7)14(37,17(24,25)26)18(27,28)29/h7-10,37-38H,4-6H2,1-3H3. The van der Waals surface area contributed by atoms with Gasteiger partial charge in [0.1, 0.15) is 5.60 Å². The molecule has 6 unspecified atom stereocenters. The Labute approximate surface area is 209 Å². The fourth-order valence-corrected chi connectivity index (χ4v) is 5.81. The largest absolute Gasteiger partial charge is 0.458 e. The molecule has 2 aliphatic carbocycles. The van der Waals surface area contributed by atoms with Gasteiger partial charge in [-0.2, -0.15) is 65.9 Å². The molecule has 39 heavy (non-hydrogen) atoms. The summed E-state index contributed by atoms with van der Waals surface area (Å²) in [4.78, 5) is 12.5. The van der Waals surface area contributed by atoms with E-state index >= 15 is 0 Å². The number of aliphatic hydroxyl groups is 2. The number of alkyl halides is 15. The van der Waals surface area contributed by atoms with Gasteiger partial charge in [-0.05, 0) is 39.0 Å². The molecule has 0 aromatic carbocycles. The van der Waals surface area contributed by atoms with Crippen molar-refractivity contribution < 1.29 is 85.6 Å². The lowest BCUT2D eigenvalue weighted by atomic mass is 9.59. The molecular formula is C20H21F15O4. The summed E-state index contributed by atoms with van der Waals surface area (Å²) in [5.74, 6) is -16.0. The van der Waals surface area contributed by atoms with Crippen molar-refractivity contribution in [3.63, 3.8) is 0 Å². The van der Waals surface area contributed by atoms with Crippen molar-refractivity contribution in [3.8, 4) is 0 Å². The van der Waals surface area contributed by atoms with Gasteiger partial charge in [-0.15, -0.1) is 0 Å². The number of carbonyl (C=O) groups is 1. The molecule has 0 spiro atoms. The van der Waals surface area contributed by atoms with E-state index in [4.69, 9.17) is 0 Å². The molecule has 2 bridgehead atoms. The van der Waals surface area contributed by atoms with Crippen LogP contribution in [0, 0.1) is 29.1 Å². The molecular weight excluding hydrogens is 589 g/mol. The van der Waals surface area contributed by atoms with E-state index in [-0.39, 0.29) is 6.92 Å².